The van der Waals surface area contributed by atoms with E-state index in [9.17, 15) is 9.59 Å². The molecule has 5 nitrogen and oxygen atoms in total. The van der Waals surface area contributed by atoms with Crippen LogP contribution in [0.2, 0.25) is 5.02 Å². The molecule has 0 spiro atoms. The molecule has 3 rings (SSSR count). The summed E-state index contributed by atoms with van der Waals surface area (Å²) >= 11 is 9.43. The average molecular weight is 558 g/mol. The van der Waals surface area contributed by atoms with Gasteiger partial charge in [-0.25, -0.2) is 0 Å². The van der Waals surface area contributed by atoms with Gasteiger partial charge in [0.1, 0.15) is 11.8 Å². The highest BCUT2D eigenvalue weighted by Gasteiger charge is 2.33. The third-order valence-electron chi connectivity index (χ3n) is 5.72. The van der Waals surface area contributed by atoms with E-state index in [-0.39, 0.29) is 17.9 Å². The van der Waals surface area contributed by atoms with Crippen molar-refractivity contribution in [2.45, 2.75) is 45.3 Å². The maximum atomic E-state index is 13.5. The molecule has 1 atom stereocenters. The minimum atomic E-state index is -0.751. The monoisotopic (exact) mass is 556 g/mol. The van der Waals surface area contributed by atoms with Crippen LogP contribution in [-0.4, -0.2) is 29.9 Å². The van der Waals surface area contributed by atoms with Crippen LogP contribution in [0.15, 0.2) is 77.3 Å². The molecule has 0 saturated heterocycles. The summed E-state index contributed by atoms with van der Waals surface area (Å²) in [6.07, 6.45) is 0.869. The van der Waals surface area contributed by atoms with Crippen LogP contribution < -0.4 is 10.1 Å². The van der Waals surface area contributed by atoms with Crippen LogP contribution >= 0.6 is 27.5 Å². The molecule has 0 aromatic heterocycles. The molecule has 0 aliphatic heterocycles. The van der Waals surface area contributed by atoms with Gasteiger partial charge in [-0.1, -0.05) is 63.9 Å². The lowest BCUT2D eigenvalue weighted by Gasteiger charge is -2.35. The number of ether oxygens (including phenoxy) is 1. The van der Waals surface area contributed by atoms with E-state index in [2.05, 4.69) is 21.2 Å². The second-order valence-electron chi connectivity index (χ2n) is 8.54. The first kappa shape index (κ1) is 26.8. The van der Waals surface area contributed by atoms with Gasteiger partial charge < -0.3 is 15.0 Å². The first-order valence-electron chi connectivity index (χ1n) is 11.5. The number of benzene rings is 3. The quantitative estimate of drug-likeness (QED) is 0.317. The average Bonchev–Trinajstić information content (AvgIpc) is 2.86. The van der Waals surface area contributed by atoms with Gasteiger partial charge in [0.05, 0.1) is 7.11 Å². The number of nitrogens with zero attached hydrogens (tertiary/aromatic N) is 1. The van der Waals surface area contributed by atoms with Gasteiger partial charge in [0.25, 0.3) is 0 Å². The summed E-state index contributed by atoms with van der Waals surface area (Å²) in [5.74, 6) is 0.468. The van der Waals surface area contributed by atoms with Crippen LogP contribution in [-0.2, 0) is 22.6 Å². The molecule has 7 heteroatoms. The van der Waals surface area contributed by atoms with Crippen molar-refractivity contribution in [2.24, 2.45) is 0 Å². The fourth-order valence-corrected chi connectivity index (χ4v) is 4.26. The predicted molar refractivity (Wildman–Crippen MR) is 143 cm³/mol. The number of hydrogen-bond acceptors (Lipinski definition) is 3. The summed E-state index contributed by atoms with van der Waals surface area (Å²) in [5.41, 5.74) is 2.72. The number of carbonyl (C=O) groups excluding carboxylic acids is 2. The molecule has 0 bridgehead atoms. The molecule has 0 heterocycles. The molecule has 184 valence electrons. The minimum Gasteiger partial charge on any atom is -0.497 e. The highest BCUT2D eigenvalue weighted by Crippen LogP contribution is 2.27. The number of nitrogens with one attached hydrogen (secondary N) is 1. The minimum absolute atomic E-state index is 0.0784. The molecule has 3 aromatic rings. The van der Waals surface area contributed by atoms with Gasteiger partial charge >= 0.3 is 0 Å². The van der Waals surface area contributed by atoms with Crippen molar-refractivity contribution in [2.75, 3.05) is 7.11 Å². The van der Waals surface area contributed by atoms with E-state index in [1.54, 1.807) is 24.1 Å². The Morgan fingerprint density at radius 3 is 2.11 bits per heavy atom. The van der Waals surface area contributed by atoms with Crippen LogP contribution in [0.3, 0.4) is 0 Å². The van der Waals surface area contributed by atoms with Crippen molar-refractivity contribution in [1.29, 1.82) is 0 Å². The Labute approximate surface area is 220 Å². The molecule has 1 N–H and O–H groups in total. The van der Waals surface area contributed by atoms with E-state index < -0.39 is 6.04 Å². The molecule has 2 amide bonds. The maximum Gasteiger partial charge on any atom is 0.247 e. The molecule has 35 heavy (non-hydrogen) atoms. The molecule has 1 unspecified atom stereocenters. The lowest BCUT2D eigenvalue weighted by molar-refractivity contribution is -0.143. The Balaban J connectivity index is 1.81. The first-order chi connectivity index (χ1) is 16.8. The summed E-state index contributed by atoms with van der Waals surface area (Å²) in [6, 6.07) is 21.6. The lowest BCUT2D eigenvalue weighted by Crippen LogP contribution is -2.47. The SMILES string of the molecule is COc1ccc(CCC(=O)N(C(C)C)C(C(=O)NCc2ccc(Cl)cc2)c2ccc(Br)cc2)cc1. The number of halogens is 2. The van der Waals surface area contributed by atoms with E-state index >= 15 is 0 Å². The molecule has 0 aliphatic rings. The van der Waals surface area contributed by atoms with Crippen LogP contribution in [0, 0.1) is 0 Å². The molecule has 0 saturated carbocycles. The Bertz CT molecular complexity index is 1120. The van der Waals surface area contributed by atoms with Gasteiger partial charge in [0.15, 0.2) is 0 Å². The third kappa shape index (κ3) is 7.58. The Kier molecular flexibility index (Phi) is 9.75. The summed E-state index contributed by atoms with van der Waals surface area (Å²) in [5, 5.41) is 3.65. The van der Waals surface area contributed by atoms with Gasteiger partial charge in [0, 0.05) is 28.5 Å². The van der Waals surface area contributed by atoms with Gasteiger partial charge in [0.2, 0.25) is 11.8 Å². The lowest BCUT2D eigenvalue weighted by atomic mass is 10.0. The molecule has 0 fully saturated rings. The highest BCUT2D eigenvalue weighted by atomic mass is 79.9. The van der Waals surface area contributed by atoms with Gasteiger partial charge in [-0.2, -0.15) is 0 Å². The largest absolute Gasteiger partial charge is 0.497 e. The first-order valence-corrected chi connectivity index (χ1v) is 12.7. The van der Waals surface area contributed by atoms with Crippen LogP contribution in [0.5, 0.6) is 5.75 Å². The van der Waals surface area contributed by atoms with Gasteiger partial charge in [-0.3, -0.25) is 9.59 Å². The van der Waals surface area contributed by atoms with Crippen molar-refractivity contribution in [1.82, 2.24) is 10.2 Å². The number of amides is 2. The number of carbonyl (C=O) groups is 2. The van der Waals surface area contributed by atoms with E-state index in [0.29, 0.717) is 24.4 Å². The van der Waals surface area contributed by atoms with Crippen molar-refractivity contribution in [3.8, 4) is 5.75 Å². The van der Waals surface area contributed by atoms with E-state index in [1.807, 2.05) is 74.5 Å². The Hall–Kier alpha value is -2.83. The number of methoxy groups -OCH3 is 1. The smallest absolute Gasteiger partial charge is 0.247 e. The zero-order chi connectivity index (χ0) is 25.4. The zero-order valence-electron chi connectivity index (χ0n) is 20.1. The normalized spacial score (nSPS) is 11.7. The molecule has 0 aliphatic carbocycles. The molecule has 0 radical (unpaired) electrons. The Morgan fingerprint density at radius 1 is 0.943 bits per heavy atom. The number of aryl methyl sites for hydroxylation is 1. The molecular formula is C28H30BrClN2O3. The summed E-state index contributed by atoms with van der Waals surface area (Å²) in [4.78, 5) is 28.7. The Morgan fingerprint density at radius 2 is 1.54 bits per heavy atom. The summed E-state index contributed by atoms with van der Waals surface area (Å²) < 4.78 is 6.12. The second kappa shape index (κ2) is 12.8. The standard InChI is InChI=1S/C28H30BrClN2O3/c1-19(2)32(26(33)17-8-20-6-15-25(35-3)16-7-20)27(22-9-11-23(29)12-10-22)28(34)31-18-21-4-13-24(30)14-5-21/h4-7,9-16,19,27H,8,17-18H2,1-3H3,(H,31,34). The molecular weight excluding hydrogens is 528 g/mol. The van der Waals surface area contributed by atoms with Gasteiger partial charge in [-0.15, -0.1) is 0 Å². The van der Waals surface area contributed by atoms with Crippen molar-refractivity contribution in [3.05, 3.63) is 99.0 Å². The number of hydrogen-bond donors (Lipinski definition) is 1. The maximum absolute atomic E-state index is 13.5. The number of rotatable bonds is 10. The van der Waals surface area contributed by atoms with Crippen LogP contribution in [0.4, 0.5) is 0 Å². The van der Waals surface area contributed by atoms with Gasteiger partial charge in [-0.05, 0) is 73.4 Å². The second-order valence-corrected chi connectivity index (χ2v) is 9.89. The zero-order valence-corrected chi connectivity index (χ0v) is 22.5. The summed E-state index contributed by atoms with van der Waals surface area (Å²) in [6.45, 7) is 4.21. The van der Waals surface area contributed by atoms with Crippen molar-refractivity contribution < 1.29 is 14.3 Å². The van der Waals surface area contributed by atoms with Crippen LogP contribution in [0.25, 0.3) is 0 Å². The van der Waals surface area contributed by atoms with E-state index in [4.69, 9.17) is 16.3 Å². The van der Waals surface area contributed by atoms with E-state index in [0.717, 1.165) is 26.9 Å². The predicted octanol–water partition coefficient (Wildman–Crippen LogP) is 6.34. The topological polar surface area (TPSA) is 58.6 Å². The summed E-state index contributed by atoms with van der Waals surface area (Å²) in [7, 11) is 1.62. The van der Waals surface area contributed by atoms with Crippen molar-refractivity contribution in [3.63, 3.8) is 0 Å². The fourth-order valence-electron chi connectivity index (χ4n) is 3.87. The van der Waals surface area contributed by atoms with Crippen LogP contribution in [0.1, 0.15) is 43.0 Å². The third-order valence-corrected chi connectivity index (χ3v) is 6.50. The highest BCUT2D eigenvalue weighted by molar-refractivity contribution is 9.10. The van der Waals surface area contributed by atoms with E-state index in [1.165, 1.54) is 0 Å². The molecule has 3 aromatic carbocycles. The van der Waals surface area contributed by atoms with Crippen molar-refractivity contribution >= 4 is 39.3 Å². The fraction of sp³-hybridized carbons (Fsp3) is 0.286.